The standard InChI is InChI=1S/C9H12N4O2/c1-7-3-4-8(15-7)6-13(2)9(14)5-11-12-10/h3-4H,5-6H2,1-2H3. The molecule has 1 rings (SSSR count). The molecule has 6 nitrogen and oxygen atoms in total. The van der Waals surface area contributed by atoms with Crippen molar-refractivity contribution in [3.05, 3.63) is 34.1 Å². The molecule has 0 radical (unpaired) electrons. The summed E-state index contributed by atoms with van der Waals surface area (Å²) in [6.45, 7) is 2.06. The maximum Gasteiger partial charge on any atom is 0.228 e. The number of nitrogens with zero attached hydrogens (tertiary/aromatic N) is 4. The van der Waals surface area contributed by atoms with Crippen LogP contribution in [0.5, 0.6) is 0 Å². The van der Waals surface area contributed by atoms with E-state index in [1.165, 1.54) is 4.90 Å². The van der Waals surface area contributed by atoms with Crippen LogP contribution in [0.2, 0.25) is 0 Å². The molecule has 0 unspecified atom stereocenters. The van der Waals surface area contributed by atoms with Gasteiger partial charge in [0.1, 0.15) is 18.1 Å². The first kappa shape index (κ1) is 11.1. The van der Waals surface area contributed by atoms with Crippen molar-refractivity contribution in [3.8, 4) is 0 Å². The van der Waals surface area contributed by atoms with E-state index in [1.807, 2.05) is 19.1 Å². The van der Waals surface area contributed by atoms with Crippen LogP contribution in [0.15, 0.2) is 21.7 Å². The molecule has 0 aromatic carbocycles. The Morgan fingerprint density at radius 3 is 2.93 bits per heavy atom. The second kappa shape index (κ2) is 5.07. The van der Waals surface area contributed by atoms with Gasteiger partial charge in [-0.05, 0) is 24.6 Å². The number of carbonyl (C=O) groups excluding carboxylic acids is 1. The Morgan fingerprint density at radius 1 is 1.67 bits per heavy atom. The van der Waals surface area contributed by atoms with Gasteiger partial charge in [0.2, 0.25) is 5.91 Å². The Bertz CT molecular complexity index is 393. The summed E-state index contributed by atoms with van der Waals surface area (Å²) in [5.41, 5.74) is 8.06. The zero-order valence-electron chi connectivity index (χ0n) is 8.67. The van der Waals surface area contributed by atoms with Crippen molar-refractivity contribution in [2.24, 2.45) is 5.11 Å². The summed E-state index contributed by atoms with van der Waals surface area (Å²) in [6.07, 6.45) is 0. The van der Waals surface area contributed by atoms with Crippen molar-refractivity contribution in [2.45, 2.75) is 13.5 Å². The third-order valence-electron chi connectivity index (χ3n) is 1.88. The number of amides is 1. The van der Waals surface area contributed by atoms with Gasteiger partial charge in [-0.25, -0.2) is 0 Å². The maximum atomic E-state index is 11.3. The summed E-state index contributed by atoms with van der Waals surface area (Å²) >= 11 is 0. The number of hydrogen-bond acceptors (Lipinski definition) is 3. The minimum Gasteiger partial charge on any atom is -0.464 e. The normalized spacial score (nSPS) is 9.47. The highest BCUT2D eigenvalue weighted by atomic mass is 16.3. The predicted molar refractivity (Wildman–Crippen MR) is 53.9 cm³/mol. The number of furan rings is 1. The summed E-state index contributed by atoms with van der Waals surface area (Å²) in [6, 6.07) is 3.65. The number of azide groups is 1. The minimum absolute atomic E-state index is 0.160. The molecule has 6 heteroatoms. The van der Waals surface area contributed by atoms with Crippen molar-refractivity contribution < 1.29 is 9.21 Å². The van der Waals surface area contributed by atoms with Crippen molar-refractivity contribution in [1.29, 1.82) is 0 Å². The monoisotopic (exact) mass is 208 g/mol. The molecule has 0 aliphatic rings. The third-order valence-corrected chi connectivity index (χ3v) is 1.88. The molecule has 0 fully saturated rings. The van der Waals surface area contributed by atoms with Crippen LogP contribution in [0.1, 0.15) is 11.5 Å². The lowest BCUT2D eigenvalue weighted by molar-refractivity contribution is -0.129. The van der Waals surface area contributed by atoms with Gasteiger partial charge >= 0.3 is 0 Å². The van der Waals surface area contributed by atoms with Gasteiger partial charge in [-0.3, -0.25) is 4.79 Å². The summed E-state index contributed by atoms with van der Waals surface area (Å²) in [5, 5.41) is 3.20. The first-order valence-corrected chi connectivity index (χ1v) is 4.43. The van der Waals surface area contributed by atoms with Gasteiger partial charge in [0, 0.05) is 12.0 Å². The second-order valence-corrected chi connectivity index (χ2v) is 3.15. The SMILES string of the molecule is Cc1ccc(CN(C)C(=O)CN=[N+]=[N-])o1. The van der Waals surface area contributed by atoms with E-state index in [9.17, 15) is 4.79 Å². The molecule has 0 saturated carbocycles. The van der Waals surface area contributed by atoms with Crippen LogP contribution < -0.4 is 0 Å². The molecule has 0 spiro atoms. The topological polar surface area (TPSA) is 82.2 Å². The second-order valence-electron chi connectivity index (χ2n) is 3.15. The summed E-state index contributed by atoms with van der Waals surface area (Å²) in [4.78, 5) is 15.3. The van der Waals surface area contributed by atoms with Crippen LogP contribution >= 0.6 is 0 Å². The number of hydrogen-bond donors (Lipinski definition) is 0. The molecule has 15 heavy (non-hydrogen) atoms. The Labute approximate surface area is 87.1 Å². The average Bonchev–Trinajstić information content (AvgIpc) is 2.60. The van der Waals surface area contributed by atoms with E-state index in [1.54, 1.807) is 7.05 Å². The molecule has 0 atom stereocenters. The smallest absolute Gasteiger partial charge is 0.228 e. The highest BCUT2D eigenvalue weighted by Crippen LogP contribution is 2.08. The first-order chi connectivity index (χ1) is 7.13. The molecule has 0 N–H and O–H groups in total. The Hall–Kier alpha value is -1.94. The molecule has 0 saturated heterocycles. The van der Waals surface area contributed by atoms with Gasteiger partial charge in [-0.15, -0.1) is 0 Å². The van der Waals surface area contributed by atoms with Gasteiger partial charge in [-0.2, -0.15) is 0 Å². The van der Waals surface area contributed by atoms with Gasteiger partial charge in [0.05, 0.1) is 6.54 Å². The Balaban J connectivity index is 2.51. The molecule has 0 bridgehead atoms. The van der Waals surface area contributed by atoms with E-state index in [4.69, 9.17) is 9.95 Å². The van der Waals surface area contributed by atoms with Crippen molar-refractivity contribution in [1.82, 2.24) is 4.90 Å². The minimum atomic E-state index is -0.234. The molecular weight excluding hydrogens is 196 g/mol. The van der Waals surface area contributed by atoms with Crippen LogP contribution in [0.4, 0.5) is 0 Å². The van der Waals surface area contributed by atoms with E-state index >= 15 is 0 Å². The highest BCUT2D eigenvalue weighted by Gasteiger charge is 2.09. The molecule has 0 aliphatic carbocycles. The Morgan fingerprint density at radius 2 is 2.40 bits per heavy atom. The van der Waals surface area contributed by atoms with Crippen molar-refractivity contribution in [2.75, 3.05) is 13.6 Å². The fourth-order valence-electron chi connectivity index (χ4n) is 1.10. The van der Waals surface area contributed by atoms with E-state index in [0.717, 1.165) is 5.76 Å². The lowest BCUT2D eigenvalue weighted by atomic mass is 10.4. The summed E-state index contributed by atoms with van der Waals surface area (Å²) < 4.78 is 5.31. The molecule has 0 aliphatic heterocycles. The zero-order valence-corrected chi connectivity index (χ0v) is 8.67. The summed E-state index contributed by atoms with van der Waals surface area (Å²) in [7, 11) is 1.63. The summed E-state index contributed by atoms with van der Waals surface area (Å²) in [5.74, 6) is 1.28. The van der Waals surface area contributed by atoms with Crippen LogP contribution in [-0.4, -0.2) is 24.4 Å². The maximum absolute atomic E-state index is 11.3. The van der Waals surface area contributed by atoms with Crippen LogP contribution in [0, 0.1) is 6.92 Å². The van der Waals surface area contributed by atoms with E-state index in [0.29, 0.717) is 12.3 Å². The molecular formula is C9H12N4O2. The van der Waals surface area contributed by atoms with E-state index in [2.05, 4.69) is 10.0 Å². The van der Waals surface area contributed by atoms with Gasteiger partial charge in [-0.1, -0.05) is 5.11 Å². The number of likely N-dealkylation sites (N-methyl/N-ethyl adjacent to an activating group) is 1. The first-order valence-electron chi connectivity index (χ1n) is 4.43. The van der Waals surface area contributed by atoms with Gasteiger partial charge < -0.3 is 9.32 Å². The largest absolute Gasteiger partial charge is 0.464 e. The van der Waals surface area contributed by atoms with E-state index in [-0.39, 0.29) is 12.5 Å². The molecule has 1 heterocycles. The number of rotatable bonds is 4. The lowest BCUT2D eigenvalue weighted by Crippen LogP contribution is -2.27. The average molecular weight is 208 g/mol. The molecule has 1 aromatic rings. The molecule has 1 amide bonds. The quantitative estimate of drug-likeness (QED) is 0.429. The zero-order chi connectivity index (χ0) is 11.3. The van der Waals surface area contributed by atoms with Crippen molar-refractivity contribution >= 4 is 5.91 Å². The van der Waals surface area contributed by atoms with Crippen molar-refractivity contribution in [3.63, 3.8) is 0 Å². The lowest BCUT2D eigenvalue weighted by Gasteiger charge is -2.13. The van der Waals surface area contributed by atoms with Crippen LogP contribution in [0.25, 0.3) is 10.4 Å². The fraction of sp³-hybridized carbons (Fsp3) is 0.444. The Kier molecular flexibility index (Phi) is 3.76. The molecule has 1 aromatic heterocycles. The van der Waals surface area contributed by atoms with E-state index < -0.39 is 0 Å². The number of carbonyl (C=O) groups is 1. The van der Waals surface area contributed by atoms with Gasteiger partial charge in [0.15, 0.2) is 0 Å². The fourth-order valence-corrected chi connectivity index (χ4v) is 1.10. The number of aryl methyl sites for hydroxylation is 1. The highest BCUT2D eigenvalue weighted by molar-refractivity contribution is 5.77. The van der Waals surface area contributed by atoms with Crippen LogP contribution in [-0.2, 0) is 11.3 Å². The van der Waals surface area contributed by atoms with Crippen LogP contribution in [0.3, 0.4) is 0 Å². The third kappa shape index (κ3) is 3.36. The predicted octanol–water partition coefficient (Wildman–Crippen LogP) is 1.86. The van der Waals surface area contributed by atoms with Gasteiger partial charge in [0.25, 0.3) is 0 Å². The molecule has 80 valence electrons.